The van der Waals surface area contributed by atoms with Crippen LogP contribution in [0.1, 0.15) is 27.2 Å². The lowest BCUT2D eigenvalue weighted by atomic mass is 10.1. The van der Waals surface area contributed by atoms with Crippen molar-refractivity contribution >= 4 is 33.9 Å². The summed E-state index contributed by atoms with van der Waals surface area (Å²) in [5, 5.41) is 19.5. The largest absolute Gasteiger partial charge is 0.493 e. The highest BCUT2D eigenvalue weighted by atomic mass is 79.9. The average molecular weight is 603 g/mol. The normalized spacial score (nSPS) is 11.1. The van der Waals surface area contributed by atoms with Crippen molar-refractivity contribution in [3.05, 3.63) is 93.6 Å². The molecule has 0 atom stereocenters. The predicted molar refractivity (Wildman–Crippen MR) is 150 cm³/mol. The number of methoxy groups -OCH3 is 1. The number of hydrogen-bond donors (Lipinski definition) is 2. The number of carbonyl (C=O) groups is 1. The van der Waals surface area contributed by atoms with E-state index in [4.69, 9.17) is 19.8 Å². The second-order valence-corrected chi connectivity index (χ2v) is 9.34. The highest BCUT2D eigenvalue weighted by molar-refractivity contribution is 9.10. The molecule has 5 rings (SSSR count). The number of hydrogen-bond acceptors (Lipinski definition) is 10. The molecule has 0 spiro atoms. The summed E-state index contributed by atoms with van der Waals surface area (Å²) < 4.78 is 18.2. The molecule has 2 aromatic heterocycles. The van der Waals surface area contributed by atoms with Crippen molar-refractivity contribution in [2.24, 2.45) is 5.10 Å². The third kappa shape index (κ3) is 5.54. The Balaban J connectivity index is 1.35. The molecular formula is C27H23BrN8O4. The highest BCUT2D eigenvalue weighted by Gasteiger charge is 2.25. The van der Waals surface area contributed by atoms with E-state index >= 15 is 0 Å². The fraction of sp³-hybridized carbons (Fsp3) is 0.111. The van der Waals surface area contributed by atoms with Gasteiger partial charge in [0, 0.05) is 5.56 Å². The number of carbonyl (C=O) groups excluding carboxylic acids is 1. The van der Waals surface area contributed by atoms with Gasteiger partial charge in [0.05, 0.1) is 17.8 Å². The number of aromatic nitrogens is 5. The second kappa shape index (κ2) is 11.8. The number of nitrogens with one attached hydrogen (secondary N) is 1. The average Bonchev–Trinajstić information content (AvgIpc) is 3.59. The van der Waals surface area contributed by atoms with Crippen LogP contribution in [-0.2, 0) is 6.61 Å². The number of nitrogens with two attached hydrogens (primary N) is 1. The summed E-state index contributed by atoms with van der Waals surface area (Å²) >= 11 is 3.55. The molecule has 13 heteroatoms. The third-order valence-corrected chi connectivity index (χ3v) is 6.48. The molecule has 12 nitrogen and oxygen atoms in total. The van der Waals surface area contributed by atoms with Crippen LogP contribution in [0.5, 0.6) is 11.5 Å². The Labute approximate surface area is 236 Å². The molecule has 0 unspecified atom stereocenters. The van der Waals surface area contributed by atoms with Gasteiger partial charge < -0.3 is 15.2 Å². The molecule has 0 radical (unpaired) electrons. The van der Waals surface area contributed by atoms with E-state index in [-0.39, 0.29) is 17.3 Å². The monoisotopic (exact) mass is 602 g/mol. The Morgan fingerprint density at radius 2 is 1.93 bits per heavy atom. The van der Waals surface area contributed by atoms with Crippen molar-refractivity contribution < 1.29 is 18.9 Å². The maximum Gasteiger partial charge on any atom is 0.294 e. The maximum absolute atomic E-state index is 13.1. The van der Waals surface area contributed by atoms with E-state index in [2.05, 4.69) is 47.1 Å². The van der Waals surface area contributed by atoms with Crippen molar-refractivity contribution in [1.82, 2.24) is 30.7 Å². The number of amides is 1. The first-order valence-electron chi connectivity index (χ1n) is 11.9. The minimum atomic E-state index is -0.597. The fourth-order valence-electron chi connectivity index (χ4n) is 3.87. The van der Waals surface area contributed by atoms with Gasteiger partial charge >= 0.3 is 0 Å². The molecule has 40 heavy (non-hydrogen) atoms. The third-order valence-electron chi connectivity index (χ3n) is 5.89. The highest BCUT2D eigenvalue weighted by Crippen LogP contribution is 2.37. The Morgan fingerprint density at radius 1 is 1.15 bits per heavy atom. The van der Waals surface area contributed by atoms with E-state index in [0.717, 1.165) is 11.1 Å². The summed E-state index contributed by atoms with van der Waals surface area (Å²) in [4.78, 5) is 13.1. The lowest BCUT2D eigenvalue weighted by Crippen LogP contribution is -2.19. The molecule has 202 valence electrons. The van der Waals surface area contributed by atoms with Crippen molar-refractivity contribution in [3.8, 4) is 28.6 Å². The lowest BCUT2D eigenvalue weighted by molar-refractivity contribution is 0.0950. The molecule has 0 saturated heterocycles. The predicted octanol–water partition coefficient (Wildman–Crippen LogP) is 4.32. The lowest BCUT2D eigenvalue weighted by Gasteiger charge is -2.14. The number of anilines is 1. The molecule has 0 bridgehead atoms. The van der Waals surface area contributed by atoms with E-state index in [9.17, 15) is 4.79 Å². The number of hydrazone groups is 1. The first kappa shape index (κ1) is 26.6. The molecule has 3 N–H and O–H groups in total. The van der Waals surface area contributed by atoms with Gasteiger partial charge in [-0.25, -0.2) is 10.1 Å². The number of nitrogen functional groups attached to an aromatic ring is 1. The first-order valence-corrected chi connectivity index (χ1v) is 12.7. The molecule has 0 aliphatic rings. The van der Waals surface area contributed by atoms with Crippen LogP contribution >= 0.6 is 15.9 Å². The summed E-state index contributed by atoms with van der Waals surface area (Å²) in [6.07, 6.45) is 1.47. The summed E-state index contributed by atoms with van der Waals surface area (Å²) in [5.41, 5.74) is 12.2. The van der Waals surface area contributed by atoms with Gasteiger partial charge in [-0.2, -0.15) is 9.78 Å². The summed E-state index contributed by atoms with van der Waals surface area (Å²) in [6.45, 7) is 2.41. The molecule has 1 amide bonds. The standard InChI is InChI=1S/C27H23BrN8O4/c1-16-8-6-7-11-19(16)15-39-24-20(28)12-17(13-21(24)38-2)14-30-32-27(37)22-23(18-9-4-3-5-10-18)36(35-31-22)26-25(29)33-40-34-26/h3-14H,15H2,1-2H3,(H2,29,33)(H,32,37)/b30-14+. The minimum Gasteiger partial charge on any atom is -0.493 e. The zero-order chi connectivity index (χ0) is 28.1. The van der Waals surface area contributed by atoms with E-state index in [1.807, 2.05) is 49.4 Å². The number of aryl methyl sites for hydroxylation is 1. The molecule has 5 aromatic rings. The van der Waals surface area contributed by atoms with Crippen LogP contribution in [-0.4, -0.2) is 44.5 Å². The van der Waals surface area contributed by atoms with Crippen molar-refractivity contribution in [2.45, 2.75) is 13.5 Å². The van der Waals surface area contributed by atoms with Crippen LogP contribution in [0.25, 0.3) is 17.1 Å². The van der Waals surface area contributed by atoms with E-state index in [0.29, 0.717) is 39.4 Å². The van der Waals surface area contributed by atoms with Crippen LogP contribution in [0, 0.1) is 6.92 Å². The molecule has 0 saturated carbocycles. The van der Waals surface area contributed by atoms with Crippen molar-refractivity contribution in [1.29, 1.82) is 0 Å². The minimum absolute atomic E-state index is 0.00193. The van der Waals surface area contributed by atoms with Crippen LogP contribution in [0.15, 0.2) is 80.9 Å². The van der Waals surface area contributed by atoms with Gasteiger partial charge in [-0.1, -0.05) is 59.8 Å². The Kier molecular flexibility index (Phi) is 7.82. The van der Waals surface area contributed by atoms with Gasteiger partial charge in [0.25, 0.3) is 5.91 Å². The smallest absolute Gasteiger partial charge is 0.294 e. The molecule has 0 aliphatic carbocycles. The van der Waals surface area contributed by atoms with E-state index in [1.165, 1.54) is 10.9 Å². The molecular weight excluding hydrogens is 580 g/mol. The molecule has 3 aromatic carbocycles. The van der Waals surface area contributed by atoms with Crippen LogP contribution in [0.3, 0.4) is 0 Å². The Morgan fingerprint density at radius 3 is 2.65 bits per heavy atom. The maximum atomic E-state index is 13.1. The summed E-state index contributed by atoms with van der Waals surface area (Å²) in [7, 11) is 1.55. The number of rotatable bonds is 9. The summed E-state index contributed by atoms with van der Waals surface area (Å²) in [6, 6.07) is 20.6. The number of benzene rings is 3. The number of ether oxygens (including phenoxy) is 2. The zero-order valence-corrected chi connectivity index (χ0v) is 23.0. The summed E-state index contributed by atoms with van der Waals surface area (Å²) in [5.74, 6) is 0.565. The van der Waals surface area contributed by atoms with Gasteiger partial charge in [-0.3, -0.25) is 4.79 Å². The van der Waals surface area contributed by atoms with Gasteiger partial charge in [-0.15, -0.1) is 5.10 Å². The number of nitrogens with zero attached hydrogens (tertiary/aromatic N) is 6. The second-order valence-electron chi connectivity index (χ2n) is 8.49. The quantitative estimate of drug-likeness (QED) is 0.185. The fourth-order valence-corrected chi connectivity index (χ4v) is 4.44. The number of halogens is 1. The van der Waals surface area contributed by atoms with Gasteiger partial charge in [-0.05, 0) is 62.0 Å². The first-order chi connectivity index (χ1) is 19.5. The van der Waals surface area contributed by atoms with E-state index in [1.54, 1.807) is 31.4 Å². The molecule has 0 fully saturated rings. The van der Waals surface area contributed by atoms with Crippen molar-refractivity contribution in [3.63, 3.8) is 0 Å². The topological polar surface area (TPSA) is 156 Å². The molecule has 2 heterocycles. The van der Waals surface area contributed by atoms with E-state index < -0.39 is 5.91 Å². The van der Waals surface area contributed by atoms with Gasteiger partial charge in [0.1, 0.15) is 12.3 Å². The van der Waals surface area contributed by atoms with Crippen LogP contribution in [0.4, 0.5) is 5.82 Å². The van der Waals surface area contributed by atoms with Crippen LogP contribution in [0.2, 0.25) is 0 Å². The van der Waals surface area contributed by atoms with Crippen LogP contribution < -0.4 is 20.6 Å². The Hall–Kier alpha value is -5.04. The van der Waals surface area contributed by atoms with Gasteiger partial charge in [0.15, 0.2) is 17.2 Å². The SMILES string of the molecule is COc1cc(/C=N/NC(=O)c2nnn(-c3nonc3N)c2-c2ccccc2)cc(Br)c1OCc1ccccc1C. The molecule has 0 aliphatic heterocycles. The van der Waals surface area contributed by atoms with Crippen molar-refractivity contribution in [2.75, 3.05) is 12.8 Å². The Bertz CT molecular complexity index is 1680. The zero-order valence-electron chi connectivity index (χ0n) is 21.4. The van der Waals surface area contributed by atoms with Gasteiger partial charge in [0.2, 0.25) is 11.6 Å².